The summed E-state index contributed by atoms with van der Waals surface area (Å²) in [5, 5.41) is 3.14. The molecular weight excluding hydrogens is 402 g/mol. The molecule has 3 N–H and O–H groups in total. The summed E-state index contributed by atoms with van der Waals surface area (Å²) in [5.41, 5.74) is 7.05. The van der Waals surface area contributed by atoms with Crippen molar-refractivity contribution in [3.63, 3.8) is 0 Å². The fraction of sp³-hybridized carbons (Fsp3) is 0.263. The number of nitrogens with zero attached hydrogens (tertiary/aromatic N) is 4. The van der Waals surface area contributed by atoms with Crippen LogP contribution in [0.2, 0.25) is 5.02 Å². The second kappa shape index (κ2) is 8.22. The summed E-state index contributed by atoms with van der Waals surface area (Å²) in [5.74, 6) is -0.321. The maximum Gasteiger partial charge on any atom is 0.222 e. The van der Waals surface area contributed by atoms with Crippen LogP contribution < -0.4 is 16.0 Å². The van der Waals surface area contributed by atoms with Gasteiger partial charge in [-0.2, -0.15) is 4.99 Å². The van der Waals surface area contributed by atoms with E-state index in [1.54, 1.807) is 17.0 Å². The number of rotatable bonds is 3. The zero-order valence-electron chi connectivity index (χ0n) is 15.4. The minimum Gasteiger partial charge on any atom is -0.378 e. The number of hydrogen-bond acceptors (Lipinski definition) is 7. The van der Waals surface area contributed by atoms with Crippen LogP contribution in [0.15, 0.2) is 52.4 Å². The second-order valence-corrected chi connectivity index (χ2v) is 6.90. The summed E-state index contributed by atoms with van der Waals surface area (Å²) in [6.45, 7) is 2.29. The third kappa shape index (κ3) is 4.25. The first-order valence-electron chi connectivity index (χ1n) is 9.02. The highest BCUT2D eigenvalue weighted by Crippen LogP contribution is 2.26. The fourth-order valence-electron chi connectivity index (χ4n) is 3.18. The first-order valence-corrected chi connectivity index (χ1v) is 9.40. The molecule has 2 aliphatic heterocycles. The predicted molar refractivity (Wildman–Crippen MR) is 109 cm³/mol. The molecule has 4 rings (SSSR count). The Bertz CT molecular complexity index is 963. The van der Waals surface area contributed by atoms with Crippen molar-refractivity contribution in [2.24, 2.45) is 15.7 Å². The quantitative estimate of drug-likeness (QED) is 0.798. The average molecular weight is 421 g/mol. The largest absolute Gasteiger partial charge is 0.378 e. The van der Waals surface area contributed by atoms with Crippen molar-refractivity contribution in [1.82, 2.24) is 4.90 Å². The minimum atomic E-state index is -0.742. The van der Waals surface area contributed by atoms with Crippen molar-refractivity contribution in [2.45, 2.75) is 6.29 Å². The number of ether oxygens (including phenoxy) is 1. The Kier molecular flexibility index (Phi) is 5.50. The van der Waals surface area contributed by atoms with Gasteiger partial charge < -0.3 is 20.7 Å². The highest BCUT2D eigenvalue weighted by Gasteiger charge is 2.32. The third-order valence-electron chi connectivity index (χ3n) is 4.52. The Balaban J connectivity index is 1.73. The molecule has 1 fully saturated rings. The van der Waals surface area contributed by atoms with Crippen LogP contribution in [0.4, 0.5) is 20.2 Å². The molecule has 0 amide bonds. The Morgan fingerprint density at radius 2 is 1.93 bits per heavy atom. The van der Waals surface area contributed by atoms with Crippen molar-refractivity contribution in [3.05, 3.63) is 59.1 Å². The molecular formula is C19H19ClF2N6O. The van der Waals surface area contributed by atoms with E-state index >= 15 is 0 Å². The molecule has 2 aromatic carbocycles. The number of nitrogens with two attached hydrogens (primary N) is 1. The Morgan fingerprint density at radius 1 is 1.14 bits per heavy atom. The van der Waals surface area contributed by atoms with E-state index in [9.17, 15) is 8.78 Å². The minimum absolute atomic E-state index is 0.0258. The average Bonchev–Trinajstić information content (AvgIpc) is 2.71. The molecule has 10 heteroatoms. The maximum atomic E-state index is 14.0. The summed E-state index contributed by atoms with van der Waals surface area (Å²) < 4.78 is 32.9. The number of benzene rings is 2. The van der Waals surface area contributed by atoms with Gasteiger partial charge in [0.1, 0.15) is 11.6 Å². The zero-order valence-corrected chi connectivity index (χ0v) is 16.1. The molecule has 2 heterocycles. The van der Waals surface area contributed by atoms with Crippen LogP contribution in [0.3, 0.4) is 0 Å². The van der Waals surface area contributed by atoms with Crippen LogP contribution in [0, 0.1) is 11.6 Å². The van der Waals surface area contributed by atoms with Crippen LogP contribution in [-0.2, 0) is 4.74 Å². The van der Waals surface area contributed by atoms with Gasteiger partial charge in [0.05, 0.1) is 23.9 Å². The van der Waals surface area contributed by atoms with E-state index in [-0.39, 0.29) is 11.0 Å². The van der Waals surface area contributed by atoms with E-state index in [2.05, 4.69) is 15.3 Å². The number of aliphatic imine (C=N–C) groups is 2. The lowest BCUT2D eigenvalue weighted by Crippen LogP contribution is -2.57. The fourth-order valence-corrected chi connectivity index (χ4v) is 3.36. The first-order chi connectivity index (χ1) is 14.0. The third-order valence-corrected chi connectivity index (χ3v) is 4.81. The van der Waals surface area contributed by atoms with E-state index in [1.807, 2.05) is 4.90 Å². The van der Waals surface area contributed by atoms with E-state index in [4.69, 9.17) is 22.1 Å². The number of guanidine groups is 2. The lowest BCUT2D eigenvalue weighted by molar-refractivity contribution is 0.0671. The van der Waals surface area contributed by atoms with Crippen molar-refractivity contribution >= 4 is 34.9 Å². The topological polar surface area (TPSA) is 78.5 Å². The lowest BCUT2D eigenvalue weighted by atomic mass is 10.2. The van der Waals surface area contributed by atoms with Crippen LogP contribution in [0.5, 0.6) is 0 Å². The Morgan fingerprint density at radius 3 is 2.66 bits per heavy atom. The summed E-state index contributed by atoms with van der Waals surface area (Å²) in [7, 11) is 0. The van der Waals surface area contributed by atoms with Gasteiger partial charge in [0, 0.05) is 18.8 Å². The van der Waals surface area contributed by atoms with E-state index < -0.39 is 17.9 Å². The van der Waals surface area contributed by atoms with E-state index in [1.165, 1.54) is 30.3 Å². The van der Waals surface area contributed by atoms with E-state index in [0.29, 0.717) is 43.6 Å². The normalized spacial score (nSPS) is 19.6. The van der Waals surface area contributed by atoms with Gasteiger partial charge in [-0.15, -0.1) is 0 Å². The van der Waals surface area contributed by atoms with Crippen LogP contribution in [0.25, 0.3) is 0 Å². The molecule has 1 saturated heterocycles. The van der Waals surface area contributed by atoms with Crippen LogP contribution in [0.1, 0.15) is 0 Å². The molecule has 1 atom stereocenters. The highest BCUT2D eigenvalue weighted by molar-refractivity contribution is 6.31. The molecule has 152 valence electrons. The van der Waals surface area contributed by atoms with Crippen LogP contribution in [-0.4, -0.2) is 49.4 Å². The summed E-state index contributed by atoms with van der Waals surface area (Å²) in [6, 6.07) is 10.4. The molecule has 0 aromatic heterocycles. The molecule has 0 radical (unpaired) electrons. The molecule has 0 saturated carbocycles. The number of morpholine rings is 1. The maximum absolute atomic E-state index is 14.0. The summed E-state index contributed by atoms with van der Waals surface area (Å²) >= 11 is 5.90. The van der Waals surface area contributed by atoms with Gasteiger partial charge in [-0.25, -0.2) is 13.8 Å². The highest BCUT2D eigenvalue weighted by atomic mass is 35.5. The van der Waals surface area contributed by atoms with Gasteiger partial charge in [-0.3, -0.25) is 4.90 Å². The van der Waals surface area contributed by atoms with Gasteiger partial charge >= 0.3 is 0 Å². The van der Waals surface area contributed by atoms with Crippen molar-refractivity contribution in [3.8, 4) is 0 Å². The molecule has 29 heavy (non-hydrogen) atoms. The zero-order chi connectivity index (χ0) is 20.4. The molecule has 0 aliphatic carbocycles. The number of nitrogens with one attached hydrogen (secondary N) is 1. The lowest BCUT2D eigenvalue weighted by Gasteiger charge is -2.41. The van der Waals surface area contributed by atoms with Gasteiger partial charge in [0.25, 0.3) is 0 Å². The van der Waals surface area contributed by atoms with Crippen molar-refractivity contribution in [2.75, 3.05) is 36.5 Å². The SMILES string of the molecule is NC1=NC(Nc2ccc(F)c(Cl)c2)N(c2cccc(F)c2)C(N2CCOCC2)=N1. The molecule has 1 unspecified atom stereocenters. The predicted octanol–water partition coefficient (Wildman–Crippen LogP) is 2.84. The Hall–Kier alpha value is -2.91. The van der Waals surface area contributed by atoms with Gasteiger partial charge in [0.2, 0.25) is 18.2 Å². The standard InChI is InChI=1S/C19H19ClF2N6O/c20-15-11-13(4-5-16(15)22)24-18-25-17(23)26-19(27-6-8-29-9-7-27)28(18)14-3-1-2-12(21)10-14/h1-5,10-11,18,24H,6-9H2,(H2,23,25). The molecule has 0 bridgehead atoms. The molecule has 0 spiro atoms. The summed E-state index contributed by atoms with van der Waals surface area (Å²) in [4.78, 5) is 12.5. The van der Waals surface area contributed by atoms with Gasteiger partial charge in [-0.05, 0) is 36.4 Å². The summed E-state index contributed by atoms with van der Waals surface area (Å²) in [6.07, 6.45) is -0.742. The monoisotopic (exact) mass is 420 g/mol. The van der Waals surface area contributed by atoms with Gasteiger partial charge in [-0.1, -0.05) is 17.7 Å². The number of anilines is 2. The number of halogens is 3. The van der Waals surface area contributed by atoms with Crippen LogP contribution >= 0.6 is 11.6 Å². The van der Waals surface area contributed by atoms with Crippen molar-refractivity contribution < 1.29 is 13.5 Å². The number of hydrogen-bond donors (Lipinski definition) is 2. The smallest absolute Gasteiger partial charge is 0.222 e. The molecule has 2 aromatic rings. The molecule has 7 nitrogen and oxygen atoms in total. The first kappa shape index (κ1) is 19.4. The van der Waals surface area contributed by atoms with Crippen molar-refractivity contribution in [1.29, 1.82) is 0 Å². The van der Waals surface area contributed by atoms with Gasteiger partial charge in [0.15, 0.2) is 0 Å². The Labute approximate surface area is 171 Å². The van der Waals surface area contributed by atoms with E-state index in [0.717, 1.165) is 0 Å². The molecule has 2 aliphatic rings. The second-order valence-electron chi connectivity index (χ2n) is 6.50.